The molecule has 0 saturated carbocycles. The molecule has 0 bridgehead atoms. The van der Waals surface area contributed by atoms with Crippen LogP contribution in [-0.2, 0) is 13.5 Å². The lowest BCUT2D eigenvalue weighted by Crippen LogP contribution is -2.33. The average Bonchev–Trinajstić information content (AvgIpc) is 2.54. The Balaban J connectivity index is 2.72. The lowest BCUT2D eigenvalue weighted by Gasteiger charge is -2.28. The molecule has 0 aromatic carbocycles. The predicted molar refractivity (Wildman–Crippen MR) is 68.6 cm³/mol. The molecule has 0 fully saturated rings. The average molecular weight is 223 g/mol. The van der Waals surface area contributed by atoms with Crippen LogP contribution in [0.3, 0.4) is 0 Å². The van der Waals surface area contributed by atoms with E-state index in [9.17, 15) is 0 Å². The fourth-order valence-electron chi connectivity index (χ4n) is 2.01. The largest absolute Gasteiger partial charge is 0.316 e. The van der Waals surface area contributed by atoms with Gasteiger partial charge in [0, 0.05) is 19.3 Å². The minimum absolute atomic E-state index is 0.330. The van der Waals surface area contributed by atoms with Crippen molar-refractivity contribution >= 4 is 0 Å². The van der Waals surface area contributed by atoms with Crippen molar-refractivity contribution in [2.75, 3.05) is 13.1 Å². The highest BCUT2D eigenvalue weighted by Gasteiger charge is 2.23. The van der Waals surface area contributed by atoms with Gasteiger partial charge in [-0.1, -0.05) is 20.8 Å². The molecule has 0 aliphatic rings. The monoisotopic (exact) mass is 223 g/mol. The maximum absolute atomic E-state index is 4.41. The quantitative estimate of drug-likeness (QED) is 0.802. The van der Waals surface area contributed by atoms with Crippen molar-refractivity contribution in [3.63, 3.8) is 0 Å². The van der Waals surface area contributed by atoms with Crippen LogP contribution in [0.2, 0.25) is 0 Å². The van der Waals surface area contributed by atoms with E-state index in [0.717, 1.165) is 25.2 Å². The number of aromatic nitrogens is 2. The van der Waals surface area contributed by atoms with Crippen molar-refractivity contribution in [2.24, 2.45) is 12.5 Å². The molecule has 1 unspecified atom stereocenters. The van der Waals surface area contributed by atoms with Crippen molar-refractivity contribution in [3.8, 4) is 0 Å². The van der Waals surface area contributed by atoms with Gasteiger partial charge in [0.1, 0.15) is 0 Å². The summed E-state index contributed by atoms with van der Waals surface area (Å²) in [6.07, 6.45) is 2.28. The Morgan fingerprint density at radius 2 is 2.12 bits per heavy atom. The molecule has 0 spiro atoms. The topological polar surface area (TPSA) is 29.9 Å². The molecule has 16 heavy (non-hydrogen) atoms. The summed E-state index contributed by atoms with van der Waals surface area (Å²) in [5.74, 6) is 0. The van der Waals surface area contributed by atoms with E-state index in [0.29, 0.717) is 5.41 Å². The van der Waals surface area contributed by atoms with E-state index in [2.05, 4.69) is 44.2 Å². The van der Waals surface area contributed by atoms with E-state index in [1.165, 1.54) is 12.1 Å². The van der Waals surface area contributed by atoms with Crippen LogP contribution in [0.5, 0.6) is 0 Å². The second-order valence-corrected chi connectivity index (χ2v) is 5.02. The third-order valence-electron chi connectivity index (χ3n) is 3.36. The molecule has 3 nitrogen and oxygen atoms in total. The van der Waals surface area contributed by atoms with Crippen LogP contribution in [0.1, 0.15) is 38.6 Å². The highest BCUT2D eigenvalue weighted by Crippen LogP contribution is 2.25. The summed E-state index contributed by atoms with van der Waals surface area (Å²) in [6, 6.07) is 2.19. The molecule has 0 amide bonds. The van der Waals surface area contributed by atoms with Gasteiger partial charge < -0.3 is 5.32 Å². The molecule has 0 aliphatic carbocycles. The van der Waals surface area contributed by atoms with Crippen LogP contribution < -0.4 is 5.32 Å². The highest BCUT2D eigenvalue weighted by molar-refractivity contribution is 5.10. The molecule has 1 aromatic heterocycles. The Kier molecular flexibility index (Phi) is 4.54. The maximum atomic E-state index is 4.41. The summed E-state index contributed by atoms with van der Waals surface area (Å²) in [5, 5.41) is 7.86. The SMILES string of the molecule is CCNCC(C)(CC)Cc1cc(C)nn1C. The zero-order valence-corrected chi connectivity index (χ0v) is 11.3. The van der Waals surface area contributed by atoms with Gasteiger partial charge in [-0.15, -0.1) is 0 Å². The molecule has 1 rings (SSSR count). The first-order chi connectivity index (χ1) is 7.50. The van der Waals surface area contributed by atoms with Crippen LogP contribution in [0.4, 0.5) is 0 Å². The fourth-order valence-corrected chi connectivity index (χ4v) is 2.01. The molecule has 1 atom stereocenters. The zero-order valence-electron chi connectivity index (χ0n) is 11.3. The molecule has 0 saturated heterocycles. The van der Waals surface area contributed by atoms with Crippen LogP contribution in [0.15, 0.2) is 6.07 Å². The summed E-state index contributed by atoms with van der Waals surface area (Å²) in [7, 11) is 2.03. The Bertz CT molecular complexity index is 330. The van der Waals surface area contributed by atoms with Crippen molar-refractivity contribution in [2.45, 2.75) is 40.5 Å². The molecule has 1 N–H and O–H groups in total. The molecule has 92 valence electrons. The minimum Gasteiger partial charge on any atom is -0.316 e. The third kappa shape index (κ3) is 3.34. The number of aryl methyl sites for hydroxylation is 2. The smallest absolute Gasteiger partial charge is 0.0596 e. The molecular formula is C13H25N3. The lowest BCUT2D eigenvalue weighted by molar-refractivity contribution is 0.286. The Morgan fingerprint density at radius 3 is 2.56 bits per heavy atom. The van der Waals surface area contributed by atoms with Gasteiger partial charge in [0.15, 0.2) is 0 Å². The molecule has 0 aliphatic heterocycles. The van der Waals surface area contributed by atoms with Gasteiger partial charge in [0.05, 0.1) is 5.69 Å². The Morgan fingerprint density at radius 1 is 1.44 bits per heavy atom. The summed E-state index contributed by atoms with van der Waals surface area (Å²) < 4.78 is 2.01. The van der Waals surface area contributed by atoms with Gasteiger partial charge in [0.2, 0.25) is 0 Å². The van der Waals surface area contributed by atoms with Gasteiger partial charge in [-0.3, -0.25) is 4.68 Å². The number of rotatable bonds is 6. The van der Waals surface area contributed by atoms with Crippen LogP contribution in [-0.4, -0.2) is 22.9 Å². The van der Waals surface area contributed by atoms with Gasteiger partial charge in [-0.05, 0) is 37.8 Å². The van der Waals surface area contributed by atoms with Crippen molar-refractivity contribution in [1.29, 1.82) is 0 Å². The summed E-state index contributed by atoms with van der Waals surface area (Å²) in [5.41, 5.74) is 2.77. The summed E-state index contributed by atoms with van der Waals surface area (Å²) >= 11 is 0. The number of nitrogens with zero attached hydrogens (tertiary/aromatic N) is 2. The molecule has 1 heterocycles. The number of hydrogen-bond acceptors (Lipinski definition) is 2. The first-order valence-electron chi connectivity index (χ1n) is 6.21. The third-order valence-corrected chi connectivity index (χ3v) is 3.36. The molecular weight excluding hydrogens is 198 g/mol. The van der Waals surface area contributed by atoms with E-state index in [4.69, 9.17) is 0 Å². The summed E-state index contributed by atoms with van der Waals surface area (Å²) in [4.78, 5) is 0. The minimum atomic E-state index is 0.330. The molecule has 1 aromatic rings. The van der Waals surface area contributed by atoms with E-state index in [-0.39, 0.29) is 0 Å². The van der Waals surface area contributed by atoms with Gasteiger partial charge in [0.25, 0.3) is 0 Å². The first kappa shape index (κ1) is 13.2. The maximum Gasteiger partial charge on any atom is 0.0596 e. The first-order valence-corrected chi connectivity index (χ1v) is 6.21. The van der Waals surface area contributed by atoms with Crippen LogP contribution in [0, 0.1) is 12.3 Å². The van der Waals surface area contributed by atoms with Crippen LogP contribution >= 0.6 is 0 Å². The van der Waals surface area contributed by atoms with Crippen molar-refractivity contribution in [1.82, 2.24) is 15.1 Å². The lowest BCUT2D eigenvalue weighted by atomic mass is 9.82. The Hall–Kier alpha value is -0.830. The Labute approximate surface area is 99.2 Å². The van der Waals surface area contributed by atoms with Gasteiger partial charge in [-0.25, -0.2) is 0 Å². The number of nitrogens with one attached hydrogen (secondary N) is 1. The summed E-state index contributed by atoms with van der Waals surface area (Å²) in [6.45, 7) is 10.9. The predicted octanol–water partition coefficient (Wildman–Crippen LogP) is 2.30. The second kappa shape index (κ2) is 5.48. The molecule has 0 radical (unpaired) electrons. The fraction of sp³-hybridized carbons (Fsp3) is 0.769. The van der Waals surface area contributed by atoms with E-state index in [1.807, 2.05) is 11.7 Å². The zero-order chi connectivity index (χ0) is 12.2. The van der Waals surface area contributed by atoms with Gasteiger partial charge >= 0.3 is 0 Å². The van der Waals surface area contributed by atoms with E-state index < -0.39 is 0 Å². The highest BCUT2D eigenvalue weighted by atomic mass is 15.3. The second-order valence-electron chi connectivity index (χ2n) is 5.02. The van der Waals surface area contributed by atoms with E-state index in [1.54, 1.807) is 0 Å². The van der Waals surface area contributed by atoms with Gasteiger partial charge in [-0.2, -0.15) is 5.10 Å². The van der Waals surface area contributed by atoms with Crippen molar-refractivity contribution in [3.05, 3.63) is 17.5 Å². The molecule has 3 heteroatoms. The van der Waals surface area contributed by atoms with E-state index >= 15 is 0 Å². The van der Waals surface area contributed by atoms with Crippen LogP contribution in [0.25, 0.3) is 0 Å². The van der Waals surface area contributed by atoms with Crippen molar-refractivity contribution < 1.29 is 0 Å². The standard InChI is InChI=1S/C13H25N3/c1-6-13(4,10-14-7-2)9-12-8-11(3)15-16(12)5/h8,14H,6-7,9-10H2,1-5H3. The normalized spacial score (nSPS) is 15.1. The number of hydrogen-bond donors (Lipinski definition) is 1.